The summed E-state index contributed by atoms with van der Waals surface area (Å²) >= 11 is 0. The van der Waals surface area contributed by atoms with Crippen LogP contribution in [-0.2, 0) is 0 Å². The molecule has 2 unspecified atom stereocenters. The summed E-state index contributed by atoms with van der Waals surface area (Å²) in [6.45, 7) is 3.48. The summed E-state index contributed by atoms with van der Waals surface area (Å²) in [6, 6.07) is 1.82. The molecule has 1 aromatic rings. The van der Waals surface area contributed by atoms with Gasteiger partial charge in [-0.15, -0.1) is 0 Å². The number of ether oxygens (including phenoxy) is 1. The zero-order valence-electron chi connectivity index (χ0n) is 10.8. The highest BCUT2D eigenvalue weighted by Gasteiger charge is 2.30. The van der Waals surface area contributed by atoms with Crippen LogP contribution in [0.5, 0.6) is 5.75 Å². The molecule has 2 rings (SSSR count). The highest BCUT2D eigenvalue weighted by Crippen LogP contribution is 2.24. The summed E-state index contributed by atoms with van der Waals surface area (Å²) in [6.07, 6.45) is 4.14. The third-order valence-electron chi connectivity index (χ3n) is 3.49. The van der Waals surface area contributed by atoms with E-state index in [0.29, 0.717) is 17.2 Å². The maximum atomic E-state index is 12.4. The standard InChI is InChI=1S/C13H19N3O2/c1-9(14)10-4-6-16(8-10)13(17)11-3-5-15-7-12(11)18-2/h3,5,7,9-10H,4,6,8,14H2,1-2H3. The molecule has 98 valence electrons. The van der Waals surface area contributed by atoms with Crippen molar-refractivity contribution < 1.29 is 9.53 Å². The summed E-state index contributed by atoms with van der Waals surface area (Å²) in [5, 5.41) is 0. The number of hydrogen-bond acceptors (Lipinski definition) is 4. The molecular formula is C13H19N3O2. The van der Waals surface area contributed by atoms with Crippen molar-refractivity contribution in [1.29, 1.82) is 0 Å². The summed E-state index contributed by atoms with van der Waals surface area (Å²) in [5.41, 5.74) is 6.45. The van der Waals surface area contributed by atoms with E-state index < -0.39 is 0 Å². The number of nitrogens with zero attached hydrogens (tertiary/aromatic N) is 2. The monoisotopic (exact) mass is 249 g/mol. The fourth-order valence-corrected chi connectivity index (χ4v) is 2.29. The molecule has 1 aliphatic rings. The molecule has 2 atom stereocenters. The molecule has 2 N–H and O–H groups in total. The second kappa shape index (κ2) is 5.35. The van der Waals surface area contributed by atoms with Gasteiger partial charge >= 0.3 is 0 Å². The lowest BCUT2D eigenvalue weighted by atomic mass is 10.0. The summed E-state index contributed by atoms with van der Waals surface area (Å²) in [7, 11) is 1.54. The first-order valence-electron chi connectivity index (χ1n) is 6.16. The molecule has 0 radical (unpaired) electrons. The van der Waals surface area contributed by atoms with Crippen LogP contribution in [-0.4, -0.2) is 42.0 Å². The number of amides is 1. The van der Waals surface area contributed by atoms with Crippen LogP contribution in [0.4, 0.5) is 0 Å². The third-order valence-corrected chi connectivity index (χ3v) is 3.49. The van der Waals surface area contributed by atoms with Gasteiger partial charge in [0, 0.05) is 25.3 Å². The first-order valence-corrected chi connectivity index (χ1v) is 6.16. The Morgan fingerprint density at radius 2 is 2.44 bits per heavy atom. The number of rotatable bonds is 3. The van der Waals surface area contributed by atoms with Gasteiger partial charge in [0.1, 0.15) is 5.75 Å². The number of aromatic nitrogens is 1. The van der Waals surface area contributed by atoms with E-state index in [2.05, 4.69) is 4.98 Å². The molecule has 1 aromatic heterocycles. The number of hydrogen-bond donors (Lipinski definition) is 1. The molecule has 0 aliphatic carbocycles. The fraction of sp³-hybridized carbons (Fsp3) is 0.538. The van der Waals surface area contributed by atoms with Crippen molar-refractivity contribution in [2.45, 2.75) is 19.4 Å². The van der Waals surface area contributed by atoms with Gasteiger partial charge in [0.05, 0.1) is 18.9 Å². The maximum Gasteiger partial charge on any atom is 0.257 e. The average molecular weight is 249 g/mol. The van der Waals surface area contributed by atoms with Crippen molar-refractivity contribution in [2.24, 2.45) is 11.7 Å². The Labute approximate surface area is 107 Å². The van der Waals surface area contributed by atoms with Crippen molar-refractivity contribution in [1.82, 2.24) is 9.88 Å². The molecule has 0 saturated carbocycles. The van der Waals surface area contributed by atoms with E-state index in [9.17, 15) is 4.79 Å². The number of likely N-dealkylation sites (tertiary alicyclic amines) is 1. The third kappa shape index (κ3) is 2.46. The van der Waals surface area contributed by atoms with Gasteiger partial charge in [-0.1, -0.05) is 0 Å². The van der Waals surface area contributed by atoms with Crippen LogP contribution in [0.1, 0.15) is 23.7 Å². The van der Waals surface area contributed by atoms with Gasteiger partial charge in [-0.05, 0) is 25.3 Å². The van der Waals surface area contributed by atoms with E-state index in [1.165, 1.54) is 0 Å². The first kappa shape index (κ1) is 12.8. The fourth-order valence-electron chi connectivity index (χ4n) is 2.29. The molecule has 18 heavy (non-hydrogen) atoms. The van der Waals surface area contributed by atoms with Crippen molar-refractivity contribution in [3.05, 3.63) is 24.0 Å². The van der Waals surface area contributed by atoms with E-state index in [1.54, 1.807) is 25.6 Å². The molecule has 1 fully saturated rings. The number of pyridine rings is 1. The topological polar surface area (TPSA) is 68.5 Å². The van der Waals surface area contributed by atoms with Gasteiger partial charge in [-0.25, -0.2) is 0 Å². The number of carbonyl (C=O) groups excluding carboxylic acids is 1. The van der Waals surface area contributed by atoms with Crippen molar-refractivity contribution in [3.8, 4) is 5.75 Å². The quantitative estimate of drug-likeness (QED) is 0.864. The normalized spacial score (nSPS) is 20.8. The highest BCUT2D eigenvalue weighted by atomic mass is 16.5. The van der Waals surface area contributed by atoms with Gasteiger partial charge in [0.15, 0.2) is 0 Å². The summed E-state index contributed by atoms with van der Waals surface area (Å²) in [5.74, 6) is 0.908. The Bertz CT molecular complexity index is 434. The van der Waals surface area contributed by atoms with Crippen LogP contribution < -0.4 is 10.5 Å². The molecule has 2 heterocycles. The minimum absolute atomic E-state index is 0.00241. The van der Waals surface area contributed by atoms with Crippen molar-refractivity contribution in [3.63, 3.8) is 0 Å². The van der Waals surface area contributed by atoms with Gasteiger partial charge in [-0.2, -0.15) is 0 Å². The van der Waals surface area contributed by atoms with E-state index in [4.69, 9.17) is 10.5 Å². The van der Waals surface area contributed by atoms with E-state index in [1.807, 2.05) is 11.8 Å². The zero-order valence-corrected chi connectivity index (χ0v) is 10.8. The van der Waals surface area contributed by atoms with E-state index in [-0.39, 0.29) is 11.9 Å². The average Bonchev–Trinajstić information content (AvgIpc) is 2.87. The van der Waals surface area contributed by atoms with Crippen LogP contribution in [0.25, 0.3) is 0 Å². The van der Waals surface area contributed by atoms with Gasteiger partial charge < -0.3 is 15.4 Å². The van der Waals surface area contributed by atoms with Crippen molar-refractivity contribution in [2.75, 3.05) is 20.2 Å². The minimum Gasteiger partial charge on any atom is -0.494 e. The lowest BCUT2D eigenvalue weighted by Gasteiger charge is -2.19. The first-order chi connectivity index (χ1) is 8.63. The van der Waals surface area contributed by atoms with Gasteiger partial charge in [0.25, 0.3) is 5.91 Å². The predicted molar refractivity (Wildman–Crippen MR) is 68.4 cm³/mol. The van der Waals surface area contributed by atoms with Crippen LogP contribution in [0.2, 0.25) is 0 Å². The number of nitrogens with two attached hydrogens (primary N) is 1. The Hall–Kier alpha value is -1.62. The van der Waals surface area contributed by atoms with Crippen molar-refractivity contribution >= 4 is 5.91 Å². The Kier molecular flexibility index (Phi) is 3.81. The lowest BCUT2D eigenvalue weighted by molar-refractivity contribution is 0.0782. The zero-order chi connectivity index (χ0) is 13.1. The molecule has 1 saturated heterocycles. The molecule has 0 bridgehead atoms. The number of methoxy groups -OCH3 is 1. The summed E-state index contributed by atoms with van der Waals surface area (Å²) in [4.78, 5) is 18.2. The number of carbonyl (C=O) groups is 1. The van der Waals surface area contributed by atoms with Crippen LogP contribution in [0.3, 0.4) is 0 Å². The van der Waals surface area contributed by atoms with Crippen LogP contribution >= 0.6 is 0 Å². The SMILES string of the molecule is COc1cnccc1C(=O)N1CCC(C(C)N)C1. The van der Waals surface area contributed by atoms with E-state index >= 15 is 0 Å². The van der Waals surface area contributed by atoms with E-state index in [0.717, 1.165) is 19.5 Å². The van der Waals surface area contributed by atoms with Gasteiger partial charge in [0.2, 0.25) is 0 Å². The second-order valence-corrected chi connectivity index (χ2v) is 4.73. The Morgan fingerprint density at radius 3 is 3.06 bits per heavy atom. The van der Waals surface area contributed by atoms with Gasteiger partial charge in [-0.3, -0.25) is 9.78 Å². The highest BCUT2D eigenvalue weighted by molar-refractivity contribution is 5.96. The molecule has 5 heteroatoms. The van der Waals surface area contributed by atoms with Crippen LogP contribution in [0, 0.1) is 5.92 Å². The molecular weight excluding hydrogens is 230 g/mol. The smallest absolute Gasteiger partial charge is 0.257 e. The summed E-state index contributed by atoms with van der Waals surface area (Å²) < 4.78 is 5.17. The molecule has 1 aliphatic heterocycles. The molecule has 1 amide bonds. The Morgan fingerprint density at radius 1 is 1.67 bits per heavy atom. The maximum absolute atomic E-state index is 12.4. The Balaban J connectivity index is 2.13. The largest absolute Gasteiger partial charge is 0.494 e. The second-order valence-electron chi connectivity index (χ2n) is 4.73. The molecule has 5 nitrogen and oxygen atoms in total. The molecule has 0 aromatic carbocycles. The molecule has 0 spiro atoms. The van der Waals surface area contributed by atoms with Crippen LogP contribution in [0.15, 0.2) is 18.5 Å². The lowest BCUT2D eigenvalue weighted by Crippen LogP contribution is -2.33. The minimum atomic E-state index is -0.00241. The predicted octanol–water partition coefficient (Wildman–Crippen LogP) is 0.900.